The number of nitriles is 1. The monoisotopic (exact) mass is 336 g/mol. The third-order valence-corrected chi connectivity index (χ3v) is 3.41. The number of nitrogens with zero attached hydrogens (tertiary/aromatic N) is 3. The fourth-order valence-corrected chi connectivity index (χ4v) is 2.13. The number of hydrogen-bond acceptors (Lipinski definition) is 4. The van der Waals surface area contributed by atoms with Crippen LogP contribution in [0.2, 0.25) is 5.15 Å². The van der Waals surface area contributed by atoms with Gasteiger partial charge < -0.3 is 5.32 Å². The molecular formula is C13H10BrClN4. The van der Waals surface area contributed by atoms with Gasteiger partial charge in [-0.25, -0.2) is 9.97 Å². The Hall–Kier alpha value is -1.64. The van der Waals surface area contributed by atoms with E-state index in [2.05, 4.69) is 37.3 Å². The highest BCUT2D eigenvalue weighted by atomic mass is 79.9. The first-order valence-electron chi connectivity index (χ1n) is 5.48. The summed E-state index contributed by atoms with van der Waals surface area (Å²) >= 11 is 9.40. The van der Waals surface area contributed by atoms with Crippen LogP contribution in [0, 0.1) is 25.2 Å². The molecule has 0 atom stereocenters. The second-order valence-corrected chi connectivity index (χ2v) is 5.24. The normalized spacial score (nSPS) is 10.1. The number of aryl methyl sites for hydroxylation is 1. The minimum absolute atomic E-state index is 0.406. The summed E-state index contributed by atoms with van der Waals surface area (Å²) in [6.45, 7) is 3.59. The minimum atomic E-state index is 0.406. The van der Waals surface area contributed by atoms with Gasteiger partial charge in [0.25, 0.3) is 0 Å². The Labute approximate surface area is 124 Å². The minimum Gasteiger partial charge on any atom is -0.339 e. The van der Waals surface area contributed by atoms with Gasteiger partial charge in [-0.05, 0) is 32.0 Å². The lowest BCUT2D eigenvalue weighted by atomic mass is 10.2. The van der Waals surface area contributed by atoms with E-state index in [1.807, 2.05) is 19.1 Å². The van der Waals surface area contributed by atoms with E-state index in [-0.39, 0.29) is 0 Å². The zero-order chi connectivity index (χ0) is 14.0. The number of rotatable bonds is 2. The molecule has 4 nitrogen and oxygen atoms in total. The van der Waals surface area contributed by atoms with Gasteiger partial charge in [0.2, 0.25) is 0 Å². The number of aromatic nitrogens is 2. The third kappa shape index (κ3) is 3.03. The number of hydrogen-bond donors (Lipinski definition) is 1. The molecule has 19 heavy (non-hydrogen) atoms. The third-order valence-electron chi connectivity index (χ3n) is 2.55. The molecule has 2 aromatic rings. The van der Waals surface area contributed by atoms with Gasteiger partial charge in [-0.1, -0.05) is 27.5 Å². The second kappa shape index (κ2) is 5.55. The molecule has 1 aromatic carbocycles. The molecule has 96 valence electrons. The molecule has 0 bridgehead atoms. The van der Waals surface area contributed by atoms with Gasteiger partial charge in [-0.2, -0.15) is 5.26 Å². The Kier molecular flexibility index (Phi) is 4.03. The van der Waals surface area contributed by atoms with Crippen LogP contribution in [0.25, 0.3) is 0 Å². The molecule has 1 aromatic heterocycles. The van der Waals surface area contributed by atoms with E-state index in [1.54, 1.807) is 13.0 Å². The zero-order valence-corrected chi connectivity index (χ0v) is 12.7. The molecule has 0 saturated carbocycles. The van der Waals surface area contributed by atoms with Crippen LogP contribution in [-0.4, -0.2) is 9.97 Å². The maximum atomic E-state index is 9.10. The van der Waals surface area contributed by atoms with E-state index in [0.717, 1.165) is 10.0 Å². The SMILES string of the molecule is Cc1nc(Cl)c(C)c(Nc2cc(Br)ccc2C#N)n1. The number of benzene rings is 1. The average molecular weight is 338 g/mol. The smallest absolute Gasteiger partial charge is 0.138 e. The van der Waals surface area contributed by atoms with E-state index in [4.69, 9.17) is 16.9 Å². The number of anilines is 2. The van der Waals surface area contributed by atoms with Crippen LogP contribution < -0.4 is 5.32 Å². The summed E-state index contributed by atoms with van der Waals surface area (Å²) < 4.78 is 0.878. The predicted octanol–water partition coefficient (Wildman–Crippen LogP) is 4.12. The van der Waals surface area contributed by atoms with Gasteiger partial charge in [-0.3, -0.25) is 0 Å². The van der Waals surface area contributed by atoms with Crippen LogP contribution in [0.3, 0.4) is 0 Å². The topological polar surface area (TPSA) is 61.6 Å². The highest BCUT2D eigenvalue weighted by molar-refractivity contribution is 9.10. The van der Waals surface area contributed by atoms with E-state index >= 15 is 0 Å². The first-order valence-corrected chi connectivity index (χ1v) is 6.65. The van der Waals surface area contributed by atoms with Gasteiger partial charge in [0.1, 0.15) is 22.9 Å². The highest BCUT2D eigenvalue weighted by Gasteiger charge is 2.10. The van der Waals surface area contributed by atoms with Crippen LogP contribution >= 0.6 is 27.5 Å². The molecule has 0 unspecified atom stereocenters. The quantitative estimate of drug-likeness (QED) is 0.837. The van der Waals surface area contributed by atoms with Crippen molar-refractivity contribution in [1.29, 1.82) is 5.26 Å². The lowest BCUT2D eigenvalue weighted by Crippen LogP contribution is -2.02. The van der Waals surface area contributed by atoms with Crippen molar-refractivity contribution in [1.82, 2.24) is 9.97 Å². The summed E-state index contributed by atoms with van der Waals surface area (Å²) in [4.78, 5) is 8.38. The fourth-order valence-electron chi connectivity index (χ4n) is 1.56. The average Bonchev–Trinajstić information content (AvgIpc) is 2.35. The number of halogens is 2. The van der Waals surface area contributed by atoms with Gasteiger partial charge >= 0.3 is 0 Å². The van der Waals surface area contributed by atoms with Crippen molar-refractivity contribution < 1.29 is 0 Å². The van der Waals surface area contributed by atoms with Gasteiger partial charge in [0, 0.05) is 10.0 Å². The van der Waals surface area contributed by atoms with Crippen LogP contribution in [0.5, 0.6) is 0 Å². The molecule has 1 N–H and O–H groups in total. The van der Waals surface area contributed by atoms with Crippen molar-refractivity contribution in [2.75, 3.05) is 5.32 Å². The van der Waals surface area contributed by atoms with Crippen molar-refractivity contribution >= 4 is 39.0 Å². The Morgan fingerprint density at radius 3 is 2.74 bits per heavy atom. The van der Waals surface area contributed by atoms with Gasteiger partial charge in [0.15, 0.2) is 0 Å². The predicted molar refractivity (Wildman–Crippen MR) is 78.7 cm³/mol. The summed E-state index contributed by atoms with van der Waals surface area (Å²) in [6, 6.07) is 7.50. The molecule has 0 saturated heterocycles. The first-order chi connectivity index (χ1) is 9.01. The molecule has 0 aliphatic rings. The maximum Gasteiger partial charge on any atom is 0.138 e. The summed E-state index contributed by atoms with van der Waals surface area (Å²) in [5.74, 6) is 1.18. The van der Waals surface area contributed by atoms with E-state index in [9.17, 15) is 0 Å². The molecule has 0 spiro atoms. The first kappa shape index (κ1) is 13.8. The standard InChI is InChI=1S/C13H10BrClN4/c1-7-12(15)17-8(2)18-13(7)19-11-5-10(14)4-3-9(11)6-16/h3-5H,1-2H3,(H,17,18,19). The summed E-state index contributed by atoms with van der Waals surface area (Å²) in [7, 11) is 0. The highest BCUT2D eigenvalue weighted by Crippen LogP contribution is 2.27. The molecular weight excluding hydrogens is 328 g/mol. The summed E-state index contributed by atoms with van der Waals surface area (Å²) in [6.07, 6.45) is 0. The van der Waals surface area contributed by atoms with Crippen molar-refractivity contribution in [2.45, 2.75) is 13.8 Å². The zero-order valence-electron chi connectivity index (χ0n) is 10.3. The molecule has 0 fully saturated rings. The van der Waals surface area contributed by atoms with E-state index in [0.29, 0.717) is 28.0 Å². The van der Waals surface area contributed by atoms with Crippen LogP contribution in [-0.2, 0) is 0 Å². The van der Waals surface area contributed by atoms with Crippen molar-refractivity contribution in [3.05, 3.63) is 44.8 Å². The van der Waals surface area contributed by atoms with Crippen molar-refractivity contribution in [2.24, 2.45) is 0 Å². The molecule has 6 heteroatoms. The Morgan fingerprint density at radius 2 is 2.05 bits per heavy atom. The summed E-state index contributed by atoms with van der Waals surface area (Å²) in [5.41, 5.74) is 1.96. The molecule has 0 radical (unpaired) electrons. The van der Waals surface area contributed by atoms with Crippen molar-refractivity contribution in [3.63, 3.8) is 0 Å². The number of nitrogens with one attached hydrogen (secondary N) is 1. The molecule has 0 aliphatic heterocycles. The van der Waals surface area contributed by atoms with E-state index < -0.39 is 0 Å². The van der Waals surface area contributed by atoms with E-state index in [1.165, 1.54) is 0 Å². The van der Waals surface area contributed by atoms with Crippen LogP contribution in [0.1, 0.15) is 17.0 Å². The second-order valence-electron chi connectivity index (χ2n) is 3.96. The van der Waals surface area contributed by atoms with Crippen LogP contribution in [0.15, 0.2) is 22.7 Å². The molecule has 2 rings (SSSR count). The molecule has 0 aliphatic carbocycles. The lowest BCUT2D eigenvalue weighted by Gasteiger charge is -2.11. The summed E-state index contributed by atoms with van der Waals surface area (Å²) in [5, 5.41) is 12.6. The Bertz CT molecular complexity index is 679. The molecule has 0 amide bonds. The van der Waals surface area contributed by atoms with Gasteiger partial charge in [0.05, 0.1) is 11.3 Å². The lowest BCUT2D eigenvalue weighted by molar-refractivity contribution is 1.04. The Morgan fingerprint density at radius 1 is 1.32 bits per heavy atom. The Balaban J connectivity index is 2.47. The van der Waals surface area contributed by atoms with Crippen LogP contribution in [0.4, 0.5) is 11.5 Å². The fraction of sp³-hybridized carbons (Fsp3) is 0.154. The maximum absolute atomic E-state index is 9.10. The molecule has 1 heterocycles. The van der Waals surface area contributed by atoms with Gasteiger partial charge in [-0.15, -0.1) is 0 Å². The van der Waals surface area contributed by atoms with Crippen molar-refractivity contribution in [3.8, 4) is 6.07 Å². The largest absolute Gasteiger partial charge is 0.339 e.